The monoisotopic (exact) mass is 301 g/mol. The highest BCUT2D eigenvalue weighted by atomic mass is 35.5. The molecule has 1 heterocycles. The average Bonchev–Trinajstić information content (AvgIpc) is 2.80. The van der Waals surface area contributed by atoms with Gasteiger partial charge in [-0.2, -0.15) is 0 Å². The van der Waals surface area contributed by atoms with Crippen molar-refractivity contribution in [3.63, 3.8) is 0 Å². The van der Waals surface area contributed by atoms with Gasteiger partial charge in [0.2, 0.25) is 5.89 Å². The second-order valence-corrected chi connectivity index (χ2v) is 4.67. The molecule has 110 valence electrons. The number of nitrogens with zero attached hydrogens (tertiary/aromatic N) is 1. The van der Waals surface area contributed by atoms with Crippen LogP contribution in [0.2, 0.25) is 0 Å². The first-order valence-corrected chi connectivity index (χ1v) is 5.98. The van der Waals surface area contributed by atoms with Crippen LogP contribution in [0.4, 0.5) is 4.39 Å². The molecule has 0 bridgehead atoms. The number of nitrogens with one attached hydrogen (secondary N) is 1. The maximum Gasteiger partial charge on any atom is 0.434 e. The summed E-state index contributed by atoms with van der Waals surface area (Å²) in [6.45, 7) is 5.53. The molecule has 0 fully saturated rings. The van der Waals surface area contributed by atoms with Crippen LogP contribution in [0.1, 0.15) is 41.5 Å². The van der Waals surface area contributed by atoms with Crippen molar-refractivity contribution in [2.45, 2.75) is 32.7 Å². The van der Waals surface area contributed by atoms with E-state index in [0.717, 1.165) is 11.1 Å². The second kappa shape index (κ2) is 6.19. The Morgan fingerprint density at radius 2 is 2.05 bits per heavy atom. The van der Waals surface area contributed by atoms with Gasteiger partial charge in [0.25, 0.3) is 0 Å². The quantitative estimate of drug-likeness (QED) is 0.911. The summed E-state index contributed by atoms with van der Waals surface area (Å²) in [6, 6.07) is 2.46. The van der Waals surface area contributed by atoms with Crippen LogP contribution in [0.5, 0.6) is 0 Å². The minimum Gasteiger partial charge on any atom is -0.391 e. The number of hydrogen-bond acceptors (Lipinski definition) is 4. The first-order valence-electron chi connectivity index (χ1n) is 5.98. The summed E-state index contributed by atoms with van der Waals surface area (Å²) in [4.78, 5) is 10.9. The fourth-order valence-corrected chi connectivity index (χ4v) is 2.14. The van der Waals surface area contributed by atoms with Crippen LogP contribution < -0.4 is 11.5 Å². The third kappa shape index (κ3) is 2.91. The number of hydrogen-bond donors (Lipinski definition) is 2. The molecule has 0 saturated heterocycles. The lowest BCUT2D eigenvalue weighted by atomic mass is 9.88. The van der Waals surface area contributed by atoms with Gasteiger partial charge >= 0.3 is 5.76 Å². The minimum absolute atomic E-state index is 0. The molecule has 0 radical (unpaired) electrons. The Kier molecular flexibility index (Phi) is 5.08. The molecule has 0 saturated carbocycles. The maximum atomic E-state index is 14.0. The van der Waals surface area contributed by atoms with Gasteiger partial charge in [-0.3, -0.25) is 0 Å². The lowest BCUT2D eigenvalue weighted by Gasteiger charge is -2.20. The number of aryl methyl sites for hydroxylation is 1. The molecule has 2 aromatic rings. The van der Waals surface area contributed by atoms with Gasteiger partial charge in [-0.15, -0.1) is 17.5 Å². The highest BCUT2D eigenvalue weighted by Crippen LogP contribution is 2.32. The summed E-state index contributed by atoms with van der Waals surface area (Å²) in [5, 5.41) is 5.84. The molecule has 0 aliphatic carbocycles. The smallest absolute Gasteiger partial charge is 0.391 e. The summed E-state index contributed by atoms with van der Waals surface area (Å²) < 4.78 is 18.8. The molecule has 2 unspecified atom stereocenters. The van der Waals surface area contributed by atoms with Crippen LogP contribution >= 0.6 is 12.4 Å². The van der Waals surface area contributed by atoms with Crippen molar-refractivity contribution in [2.75, 3.05) is 0 Å². The van der Waals surface area contributed by atoms with E-state index in [-0.39, 0.29) is 30.0 Å². The van der Waals surface area contributed by atoms with E-state index in [4.69, 9.17) is 10.2 Å². The van der Waals surface area contributed by atoms with E-state index < -0.39 is 11.8 Å². The van der Waals surface area contributed by atoms with Gasteiger partial charge in [0.1, 0.15) is 5.82 Å². The van der Waals surface area contributed by atoms with Crippen LogP contribution in [-0.4, -0.2) is 10.2 Å². The van der Waals surface area contributed by atoms with Gasteiger partial charge in [-0.05, 0) is 36.6 Å². The fourth-order valence-electron chi connectivity index (χ4n) is 2.14. The molecule has 1 aromatic carbocycles. The van der Waals surface area contributed by atoms with E-state index in [1.165, 1.54) is 6.07 Å². The van der Waals surface area contributed by atoms with E-state index in [1.54, 1.807) is 13.0 Å². The maximum absolute atomic E-state index is 14.0. The van der Waals surface area contributed by atoms with Crippen LogP contribution in [0.3, 0.4) is 0 Å². The van der Waals surface area contributed by atoms with Crippen molar-refractivity contribution in [1.29, 1.82) is 0 Å². The number of aromatic nitrogens is 2. The van der Waals surface area contributed by atoms with Crippen molar-refractivity contribution in [3.8, 4) is 0 Å². The number of H-pyrrole nitrogens is 1. The first kappa shape index (κ1) is 16.4. The second-order valence-electron chi connectivity index (χ2n) is 4.67. The van der Waals surface area contributed by atoms with E-state index in [1.807, 2.05) is 13.8 Å². The Balaban J connectivity index is 0.00000200. The fraction of sp³-hybridized carbons (Fsp3) is 0.385. The van der Waals surface area contributed by atoms with Gasteiger partial charge in [0, 0.05) is 5.92 Å². The number of nitrogens with two attached hydrogens (primary N) is 1. The summed E-state index contributed by atoms with van der Waals surface area (Å²) in [7, 11) is 0. The van der Waals surface area contributed by atoms with Gasteiger partial charge < -0.3 is 10.2 Å². The predicted molar refractivity (Wildman–Crippen MR) is 75.6 cm³/mol. The Bertz CT molecular complexity index is 653. The zero-order valence-electron chi connectivity index (χ0n) is 11.4. The third-order valence-electron chi connectivity index (χ3n) is 3.47. The lowest BCUT2D eigenvalue weighted by Crippen LogP contribution is -2.20. The molecular weight excluding hydrogens is 285 g/mol. The number of halogens is 2. The summed E-state index contributed by atoms with van der Waals surface area (Å²) in [6.07, 6.45) is 0. The van der Waals surface area contributed by atoms with Crippen LogP contribution in [0.15, 0.2) is 21.3 Å². The molecule has 3 N–H and O–H groups in total. The molecule has 5 nitrogen and oxygen atoms in total. The highest BCUT2D eigenvalue weighted by molar-refractivity contribution is 5.85. The van der Waals surface area contributed by atoms with Crippen LogP contribution in [0, 0.1) is 19.7 Å². The first-order chi connectivity index (χ1) is 8.91. The average molecular weight is 302 g/mol. The number of rotatable bonds is 3. The van der Waals surface area contributed by atoms with E-state index in [2.05, 4.69) is 10.2 Å². The molecule has 2 atom stereocenters. The number of benzene rings is 1. The van der Waals surface area contributed by atoms with E-state index in [9.17, 15) is 9.18 Å². The van der Waals surface area contributed by atoms with Gasteiger partial charge in [0.15, 0.2) is 0 Å². The molecule has 0 spiro atoms. The topological polar surface area (TPSA) is 84.9 Å². The summed E-state index contributed by atoms with van der Waals surface area (Å²) in [5.41, 5.74) is 8.35. The Hall–Kier alpha value is -1.66. The summed E-state index contributed by atoms with van der Waals surface area (Å²) >= 11 is 0. The van der Waals surface area contributed by atoms with Crippen molar-refractivity contribution < 1.29 is 8.81 Å². The third-order valence-corrected chi connectivity index (χ3v) is 3.47. The van der Waals surface area contributed by atoms with Crippen LogP contribution in [0.25, 0.3) is 0 Å². The normalized spacial score (nSPS) is 13.7. The Morgan fingerprint density at radius 3 is 2.60 bits per heavy atom. The van der Waals surface area contributed by atoms with Crippen molar-refractivity contribution >= 4 is 12.4 Å². The molecular formula is C13H17ClFN3O2. The zero-order chi connectivity index (χ0) is 14.2. The molecule has 0 aliphatic heterocycles. The molecule has 0 amide bonds. The lowest BCUT2D eigenvalue weighted by molar-refractivity contribution is 0.396. The highest BCUT2D eigenvalue weighted by Gasteiger charge is 2.25. The van der Waals surface area contributed by atoms with Gasteiger partial charge in [-0.1, -0.05) is 13.0 Å². The van der Waals surface area contributed by atoms with E-state index in [0.29, 0.717) is 5.56 Å². The molecule has 1 aromatic heterocycles. The number of aromatic amines is 1. The summed E-state index contributed by atoms with van der Waals surface area (Å²) in [5.74, 6) is -1.26. The van der Waals surface area contributed by atoms with E-state index >= 15 is 0 Å². The van der Waals surface area contributed by atoms with Crippen LogP contribution in [-0.2, 0) is 0 Å². The molecule has 20 heavy (non-hydrogen) atoms. The Labute approximate surface area is 121 Å². The Morgan fingerprint density at radius 1 is 1.40 bits per heavy atom. The molecule has 0 aliphatic rings. The standard InChI is InChI=1S/C13H16FN3O2.ClH/c1-6-4-5-9(14)10(7(6)2)8(3)11(15)12-16-17-13(18)19-12;/h4-5,8,11H,15H2,1-3H3,(H,17,18);1H. The predicted octanol–water partition coefficient (Wildman–Crippen LogP) is 2.34. The van der Waals surface area contributed by atoms with Gasteiger partial charge in [-0.25, -0.2) is 14.3 Å². The zero-order valence-corrected chi connectivity index (χ0v) is 12.3. The molecule has 2 rings (SSSR count). The SMILES string of the molecule is Cc1ccc(F)c(C(C)C(N)c2n[nH]c(=O)o2)c1C.Cl. The molecule has 7 heteroatoms. The van der Waals surface area contributed by atoms with Crippen molar-refractivity contribution in [3.05, 3.63) is 51.1 Å². The van der Waals surface area contributed by atoms with Crippen molar-refractivity contribution in [2.24, 2.45) is 5.73 Å². The minimum atomic E-state index is -0.686. The largest absolute Gasteiger partial charge is 0.434 e. The van der Waals surface area contributed by atoms with Gasteiger partial charge in [0.05, 0.1) is 6.04 Å². The van der Waals surface area contributed by atoms with Crippen molar-refractivity contribution in [1.82, 2.24) is 10.2 Å².